The van der Waals surface area contributed by atoms with E-state index in [1.54, 1.807) is 0 Å². The summed E-state index contributed by atoms with van der Waals surface area (Å²) < 4.78 is 0. The van der Waals surface area contributed by atoms with E-state index in [2.05, 4.69) is 20.4 Å². The van der Waals surface area contributed by atoms with Gasteiger partial charge < -0.3 is 16.0 Å². The normalized spacial score (nSPS) is 18.6. The van der Waals surface area contributed by atoms with E-state index in [4.69, 9.17) is 5.73 Å². The van der Waals surface area contributed by atoms with Gasteiger partial charge in [-0.1, -0.05) is 0 Å². The van der Waals surface area contributed by atoms with Crippen molar-refractivity contribution >= 4 is 11.9 Å². The molecule has 1 aliphatic rings. The highest BCUT2D eigenvalue weighted by atomic mass is 16.2. The Morgan fingerprint density at radius 1 is 1.25 bits per heavy atom. The summed E-state index contributed by atoms with van der Waals surface area (Å²) in [4.78, 5) is 27.7. The molecule has 1 saturated heterocycles. The Hall–Kier alpha value is -1.18. The summed E-state index contributed by atoms with van der Waals surface area (Å²) in [5.41, 5.74) is 5.50. The van der Waals surface area contributed by atoms with Crippen LogP contribution in [0.1, 0.15) is 20.3 Å². The summed E-state index contributed by atoms with van der Waals surface area (Å²) in [6.45, 7) is 9.46. The Morgan fingerprint density at radius 3 is 2.45 bits per heavy atom. The second-order valence-corrected chi connectivity index (χ2v) is 5.04. The van der Waals surface area contributed by atoms with Crippen molar-refractivity contribution in [3.05, 3.63) is 0 Å². The maximum Gasteiger partial charge on any atom is 0.321 e. The molecular formula is C13H27N5O2. The van der Waals surface area contributed by atoms with Crippen molar-refractivity contribution in [2.45, 2.75) is 26.3 Å². The van der Waals surface area contributed by atoms with Gasteiger partial charge >= 0.3 is 6.03 Å². The molecule has 0 bridgehead atoms. The monoisotopic (exact) mass is 285 g/mol. The third-order valence-electron chi connectivity index (χ3n) is 3.59. The first-order chi connectivity index (χ1) is 9.58. The molecule has 1 rings (SSSR count). The number of amides is 3. The second-order valence-electron chi connectivity index (χ2n) is 5.04. The van der Waals surface area contributed by atoms with E-state index in [9.17, 15) is 9.59 Å². The van der Waals surface area contributed by atoms with E-state index in [0.29, 0.717) is 13.1 Å². The highest BCUT2D eigenvalue weighted by Gasteiger charge is 2.26. The zero-order chi connectivity index (χ0) is 15.0. The van der Waals surface area contributed by atoms with Gasteiger partial charge in [0, 0.05) is 32.7 Å². The lowest BCUT2D eigenvalue weighted by molar-refractivity contribution is -0.125. The maximum atomic E-state index is 11.9. The summed E-state index contributed by atoms with van der Waals surface area (Å²) in [5.74, 6) is -0.244. The van der Waals surface area contributed by atoms with Crippen LogP contribution in [0.25, 0.3) is 0 Å². The molecule has 0 aromatic rings. The molecule has 1 aliphatic heterocycles. The first-order valence-corrected chi connectivity index (χ1v) is 7.33. The molecule has 0 spiro atoms. The van der Waals surface area contributed by atoms with Gasteiger partial charge in [0.2, 0.25) is 5.91 Å². The van der Waals surface area contributed by atoms with Gasteiger partial charge in [-0.05, 0) is 33.4 Å². The van der Waals surface area contributed by atoms with Crippen molar-refractivity contribution in [3.63, 3.8) is 0 Å². The third-order valence-corrected chi connectivity index (χ3v) is 3.59. The van der Waals surface area contributed by atoms with E-state index in [1.807, 2.05) is 13.8 Å². The molecule has 3 amide bonds. The first-order valence-electron chi connectivity index (χ1n) is 7.33. The summed E-state index contributed by atoms with van der Waals surface area (Å²) in [5, 5.41) is 4.92. The minimum Gasteiger partial charge on any atom is -0.338 e. The summed E-state index contributed by atoms with van der Waals surface area (Å²) in [7, 11) is 0. The van der Waals surface area contributed by atoms with Crippen LogP contribution in [0.5, 0.6) is 0 Å². The molecule has 1 unspecified atom stereocenters. The van der Waals surface area contributed by atoms with Gasteiger partial charge in [0.05, 0.1) is 6.04 Å². The number of nitrogens with zero attached hydrogens (tertiary/aromatic N) is 2. The maximum absolute atomic E-state index is 11.9. The number of imide groups is 1. The van der Waals surface area contributed by atoms with Crippen molar-refractivity contribution in [1.82, 2.24) is 20.4 Å². The summed E-state index contributed by atoms with van der Waals surface area (Å²) >= 11 is 0. The number of carbonyl (C=O) groups excluding carboxylic acids is 2. The highest BCUT2D eigenvalue weighted by molar-refractivity contribution is 5.96. The fourth-order valence-corrected chi connectivity index (χ4v) is 2.28. The van der Waals surface area contributed by atoms with E-state index in [1.165, 1.54) is 0 Å². The Balaban J connectivity index is 2.32. The van der Waals surface area contributed by atoms with Crippen LogP contribution >= 0.6 is 0 Å². The second kappa shape index (κ2) is 8.89. The van der Waals surface area contributed by atoms with Crippen molar-refractivity contribution in [1.29, 1.82) is 0 Å². The Kier molecular flexibility index (Phi) is 7.50. The minimum absolute atomic E-state index is 0.244. The quantitative estimate of drug-likeness (QED) is 0.593. The number of carbonyl (C=O) groups is 2. The Labute approximate surface area is 120 Å². The molecule has 1 heterocycles. The summed E-state index contributed by atoms with van der Waals surface area (Å²) in [6, 6.07) is -0.708. The van der Waals surface area contributed by atoms with E-state index < -0.39 is 6.03 Å². The number of hydrogen-bond donors (Lipinski definition) is 3. The molecule has 0 radical (unpaired) electrons. The molecule has 0 aromatic heterocycles. The van der Waals surface area contributed by atoms with Crippen molar-refractivity contribution < 1.29 is 9.59 Å². The minimum atomic E-state index is -0.425. The van der Waals surface area contributed by atoms with Gasteiger partial charge in [-0.25, -0.2) is 4.79 Å². The van der Waals surface area contributed by atoms with Crippen LogP contribution in [0.3, 0.4) is 0 Å². The molecule has 4 N–H and O–H groups in total. The Bertz CT molecular complexity index is 316. The SMILES string of the molecule is CCNC(=O)NC(=O)C(C)N1CCN(CCCN)CC1. The fourth-order valence-electron chi connectivity index (χ4n) is 2.28. The average molecular weight is 285 g/mol. The number of hydrogen-bond acceptors (Lipinski definition) is 5. The molecule has 7 heteroatoms. The van der Waals surface area contributed by atoms with Gasteiger partial charge in [0.25, 0.3) is 0 Å². The van der Waals surface area contributed by atoms with E-state index >= 15 is 0 Å². The molecule has 0 aliphatic carbocycles. The zero-order valence-corrected chi connectivity index (χ0v) is 12.5. The van der Waals surface area contributed by atoms with Gasteiger partial charge in [0.1, 0.15) is 0 Å². The number of rotatable bonds is 6. The fraction of sp³-hybridized carbons (Fsp3) is 0.846. The van der Waals surface area contributed by atoms with Crippen LogP contribution < -0.4 is 16.4 Å². The molecule has 7 nitrogen and oxygen atoms in total. The predicted octanol–water partition coefficient (Wildman–Crippen LogP) is -0.813. The van der Waals surface area contributed by atoms with Gasteiger partial charge in [-0.2, -0.15) is 0 Å². The molecular weight excluding hydrogens is 258 g/mol. The van der Waals surface area contributed by atoms with E-state index in [-0.39, 0.29) is 11.9 Å². The van der Waals surface area contributed by atoms with Crippen LogP contribution in [-0.2, 0) is 4.79 Å². The van der Waals surface area contributed by atoms with Crippen LogP contribution in [0, 0.1) is 0 Å². The van der Waals surface area contributed by atoms with Crippen molar-refractivity contribution in [3.8, 4) is 0 Å². The third kappa shape index (κ3) is 5.44. The van der Waals surface area contributed by atoms with Crippen LogP contribution in [0.2, 0.25) is 0 Å². The Morgan fingerprint density at radius 2 is 1.90 bits per heavy atom. The van der Waals surface area contributed by atoms with Gasteiger partial charge in [0.15, 0.2) is 0 Å². The summed E-state index contributed by atoms with van der Waals surface area (Å²) in [6.07, 6.45) is 1.01. The molecule has 0 aromatic carbocycles. The molecule has 1 atom stereocenters. The van der Waals surface area contributed by atoms with Crippen LogP contribution in [-0.4, -0.2) is 73.6 Å². The predicted molar refractivity (Wildman–Crippen MR) is 78.4 cm³/mol. The molecule has 116 valence electrons. The zero-order valence-electron chi connectivity index (χ0n) is 12.5. The number of piperazine rings is 1. The smallest absolute Gasteiger partial charge is 0.321 e. The van der Waals surface area contributed by atoms with Crippen LogP contribution in [0.15, 0.2) is 0 Å². The topological polar surface area (TPSA) is 90.7 Å². The standard InChI is InChI=1S/C13H27N5O2/c1-3-15-13(20)16-12(19)11(2)18-9-7-17(8-10-18)6-4-5-14/h11H,3-10,14H2,1-2H3,(H2,15,16,19,20). The lowest BCUT2D eigenvalue weighted by Crippen LogP contribution is -2.55. The lowest BCUT2D eigenvalue weighted by atomic mass is 10.2. The van der Waals surface area contributed by atoms with Crippen molar-refractivity contribution in [2.75, 3.05) is 45.8 Å². The molecule has 1 fully saturated rings. The highest BCUT2D eigenvalue weighted by Crippen LogP contribution is 2.06. The lowest BCUT2D eigenvalue weighted by Gasteiger charge is -2.37. The molecule has 20 heavy (non-hydrogen) atoms. The van der Waals surface area contributed by atoms with Gasteiger partial charge in [-0.15, -0.1) is 0 Å². The van der Waals surface area contributed by atoms with Crippen LogP contribution in [0.4, 0.5) is 4.79 Å². The average Bonchev–Trinajstić information content (AvgIpc) is 2.45. The van der Waals surface area contributed by atoms with Crippen molar-refractivity contribution in [2.24, 2.45) is 5.73 Å². The largest absolute Gasteiger partial charge is 0.338 e. The number of nitrogens with one attached hydrogen (secondary N) is 2. The number of urea groups is 1. The van der Waals surface area contributed by atoms with Gasteiger partial charge in [-0.3, -0.25) is 15.0 Å². The van der Waals surface area contributed by atoms with E-state index in [0.717, 1.165) is 39.1 Å². The number of nitrogens with two attached hydrogens (primary N) is 1. The first kappa shape index (κ1) is 16.9. The molecule has 0 saturated carbocycles.